The van der Waals surface area contributed by atoms with Crippen molar-refractivity contribution in [1.29, 1.82) is 5.26 Å². The van der Waals surface area contributed by atoms with Gasteiger partial charge in [-0.05, 0) is 49.8 Å². The summed E-state index contributed by atoms with van der Waals surface area (Å²) in [5.74, 6) is 1.35. The smallest absolute Gasteiger partial charge is 0.166 e. The molecule has 0 aliphatic rings. The number of pyridine rings is 1. The van der Waals surface area contributed by atoms with Crippen molar-refractivity contribution in [3.63, 3.8) is 0 Å². The van der Waals surface area contributed by atoms with Crippen LogP contribution >= 0.6 is 12.2 Å². The van der Waals surface area contributed by atoms with Crippen molar-refractivity contribution in [2.24, 2.45) is 0 Å². The van der Waals surface area contributed by atoms with Crippen molar-refractivity contribution >= 4 is 34.1 Å². The molecule has 7 heteroatoms. The average Bonchev–Trinajstić information content (AvgIpc) is 2.60. The third-order valence-corrected chi connectivity index (χ3v) is 3.70. The van der Waals surface area contributed by atoms with Crippen LogP contribution in [0.5, 0.6) is 5.75 Å². The molecule has 6 nitrogen and oxygen atoms in total. The Morgan fingerprint density at radius 2 is 2.12 bits per heavy atom. The summed E-state index contributed by atoms with van der Waals surface area (Å²) < 4.78 is 5.21. The van der Waals surface area contributed by atoms with Gasteiger partial charge in [-0.15, -0.1) is 0 Å². The number of nitrogens with zero attached hydrogens (tertiary/aromatic N) is 2. The molecule has 1 aromatic heterocycles. The number of aromatic nitrogens is 1. The first-order valence-electron chi connectivity index (χ1n) is 7.82. The van der Waals surface area contributed by atoms with E-state index in [-0.39, 0.29) is 0 Å². The summed E-state index contributed by atoms with van der Waals surface area (Å²) in [4.78, 5) is 4.54. The number of rotatable bonds is 7. The first kappa shape index (κ1) is 17.8. The van der Waals surface area contributed by atoms with Crippen LogP contribution in [0.2, 0.25) is 0 Å². The Labute approximate surface area is 147 Å². The van der Waals surface area contributed by atoms with Crippen molar-refractivity contribution in [1.82, 2.24) is 15.6 Å². The Morgan fingerprint density at radius 3 is 2.83 bits per heavy atom. The second kappa shape index (κ2) is 8.89. The third kappa shape index (κ3) is 4.70. The lowest BCUT2D eigenvalue weighted by molar-refractivity contribution is 0.415. The number of hydrogen-bond donors (Lipinski definition) is 3. The lowest BCUT2D eigenvalue weighted by Gasteiger charge is -2.11. The summed E-state index contributed by atoms with van der Waals surface area (Å²) in [6.45, 7) is 4.26. The number of anilines is 1. The average molecular weight is 343 g/mol. The van der Waals surface area contributed by atoms with Gasteiger partial charge in [-0.3, -0.25) is 0 Å². The number of benzene rings is 1. The van der Waals surface area contributed by atoms with Gasteiger partial charge in [0.15, 0.2) is 5.11 Å². The molecule has 126 valence electrons. The molecular weight excluding hydrogens is 322 g/mol. The fourth-order valence-corrected chi connectivity index (χ4v) is 2.47. The SMILES string of the molecule is CCNC(=S)NCCCNc1nc2ccc(OC)cc2cc1C#N. The number of nitrogens with one attached hydrogen (secondary N) is 3. The molecule has 0 saturated heterocycles. The molecule has 0 aliphatic carbocycles. The van der Waals surface area contributed by atoms with Gasteiger partial charge in [0.25, 0.3) is 0 Å². The fourth-order valence-electron chi connectivity index (χ4n) is 2.22. The second-order valence-electron chi connectivity index (χ2n) is 5.12. The largest absolute Gasteiger partial charge is 0.497 e. The molecule has 0 aliphatic heterocycles. The Kier molecular flexibility index (Phi) is 6.58. The van der Waals surface area contributed by atoms with Crippen LogP contribution in [0.25, 0.3) is 10.9 Å². The molecule has 0 amide bonds. The van der Waals surface area contributed by atoms with E-state index < -0.39 is 0 Å². The highest BCUT2D eigenvalue weighted by atomic mass is 32.1. The highest BCUT2D eigenvalue weighted by molar-refractivity contribution is 7.80. The molecule has 3 N–H and O–H groups in total. The van der Waals surface area contributed by atoms with Crippen molar-refractivity contribution in [3.05, 3.63) is 29.8 Å². The first-order valence-corrected chi connectivity index (χ1v) is 8.23. The van der Waals surface area contributed by atoms with Crippen molar-refractivity contribution < 1.29 is 4.74 Å². The van der Waals surface area contributed by atoms with Gasteiger partial charge in [0, 0.05) is 25.0 Å². The third-order valence-electron chi connectivity index (χ3n) is 3.41. The Balaban J connectivity index is 1.98. The van der Waals surface area contributed by atoms with E-state index in [4.69, 9.17) is 17.0 Å². The van der Waals surface area contributed by atoms with E-state index in [0.717, 1.165) is 36.2 Å². The summed E-state index contributed by atoms with van der Waals surface area (Å²) in [7, 11) is 1.62. The van der Waals surface area contributed by atoms with Crippen LogP contribution in [-0.4, -0.2) is 36.8 Å². The molecule has 0 spiro atoms. The van der Waals surface area contributed by atoms with Gasteiger partial charge in [-0.2, -0.15) is 5.26 Å². The van der Waals surface area contributed by atoms with Crippen LogP contribution < -0.4 is 20.7 Å². The Morgan fingerprint density at radius 1 is 1.29 bits per heavy atom. The van der Waals surface area contributed by atoms with E-state index in [2.05, 4.69) is 27.0 Å². The monoisotopic (exact) mass is 343 g/mol. The summed E-state index contributed by atoms with van der Waals surface area (Å²) in [6.07, 6.45) is 0.860. The molecule has 0 saturated carbocycles. The van der Waals surface area contributed by atoms with Gasteiger partial charge in [-0.25, -0.2) is 4.98 Å². The van der Waals surface area contributed by atoms with Crippen LogP contribution in [0.15, 0.2) is 24.3 Å². The van der Waals surface area contributed by atoms with Crippen LogP contribution in [0.3, 0.4) is 0 Å². The van der Waals surface area contributed by atoms with Gasteiger partial charge in [0.2, 0.25) is 0 Å². The van der Waals surface area contributed by atoms with E-state index in [1.807, 2.05) is 31.2 Å². The van der Waals surface area contributed by atoms with E-state index >= 15 is 0 Å². The van der Waals surface area contributed by atoms with Crippen LogP contribution in [0, 0.1) is 11.3 Å². The number of methoxy groups -OCH3 is 1. The molecule has 1 aromatic carbocycles. The standard InChI is InChI=1S/C17H21N5OS/c1-3-19-17(24)21-8-4-7-20-16-13(11-18)9-12-10-14(23-2)5-6-15(12)22-16/h5-6,9-10H,3-4,7-8H2,1-2H3,(H,20,22)(H2,19,21,24). The number of thiocarbonyl (C=S) groups is 1. The maximum absolute atomic E-state index is 9.34. The predicted octanol–water partition coefficient (Wildman–Crippen LogP) is 2.40. The minimum absolute atomic E-state index is 0.520. The molecule has 2 rings (SSSR count). The van der Waals surface area contributed by atoms with E-state index in [1.165, 1.54) is 0 Å². The zero-order chi connectivity index (χ0) is 17.4. The van der Waals surface area contributed by atoms with Crippen LogP contribution in [0.1, 0.15) is 18.9 Å². The highest BCUT2D eigenvalue weighted by Gasteiger charge is 2.07. The normalized spacial score (nSPS) is 10.0. The van der Waals surface area contributed by atoms with Crippen molar-refractivity contribution in [2.45, 2.75) is 13.3 Å². The molecular formula is C17H21N5OS. The Bertz CT molecular complexity index is 756. The molecule has 0 fully saturated rings. The van der Waals surface area contributed by atoms with Gasteiger partial charge < -0.3 is 20.7 Å². The van der Waals surface area contributed by atoms with Gasteiger partial charge in [-0.1, -0.05) is 0 Å². The molecule has 1 heterocycles. The van der Waals surface area contributed by atoms with Crippen molar-refractivity contribution in [2.75, 3.05) is 32.1 Å². The topological polar surface area (TPSA) is 82.0 Å². The fraction of sp³-hybridized carbons (Fsp3) is 0.353. The maximum atomic E-state index is 9.34. The molecule has 24 heavy (non-hydrogen) atoms. The maximum Gasteiger partial charge on any atom is 0.166 e. The number of hydrogen-bond acceptors (Lipinski definition) is 5. The molecule has 0 radical (unpaired) electrons. The lowest BCUT2D eigenvalue weighted by Crippen LogP contribution is -2.35. The molecule has 0 bridgehead atoms. The van der Waals surface area contributed by atoms with E-state index in [1.54, 1.807) is 7.11 Å². The molecule has 2 aromatic rings. The summed E-state index contributed by atoms with van der Waals surface area (Å²) >= 11 is 5.10. The van der Waals surface area contributed by atoms with E-state index in [9.17, 15) is 5.26 Å². The Hall–Kier alpha value is -2.59. The predicted molar refractivity (Wildman–Crippen MR) is 100 cm³/mol. The zero-order valence-corrected chi connectivity index (χ0v) is 14.7. The zero-order valence-electron chi connectivity index (χ0n) is 13.8. The minimum Gasteiger partial charge on any atom is -0.497 e. The van der Waals surface area contributed by atoms with Gasteiger partial charge >= 0.3 is 0 Å². The van der Waals surface area contributed by atoms with Gasteiger partial charge in [0.05, 0.1) is 18.2 Å². The van der Waals surface area contributed by atoms with Gasteiger partial charge in [0.1, 0.15) is 17.6 Å². The highest BCUT2D eigenvalue weighted by Crippen LogP contribution is 2.23. The van der Waals surface area contributed by atoms with Crippen LogP contribution in [-0.2, 0) is 0 Å². The van der Waals surface area contributed by atoms with Crippen molar-refractivity contribution in [3.8, 4) is 11.8 Å². The number of nitriles is 1. The first-order chi connectivity index (χ1) is 11.7. The summed E-state index contributed by atoms with van der Waals surface area (Å²) in [5.41, 5.74) is 1.34. The number of ether oxygens (including phenoxy) is 1. The quantitative estimate of drug-likeness (QED) is 0.526. The summed E-state index contributed by atoms with van der Waals surface area (Å²) in [5, 5.41) is 20.3. The van der Waals surface area contributed by atoms with Crippen LogP contribution in [0.4, 0.5) is 5.82 Å². The second-order valence-corrected chi connectivity index (χ2v) is 5.53. The minimum atomic E-state index is 0.520. The lowest BCUT2D eigenvalue weighted by atomic mass is 10.1. The molecule has 0 unspecified atom stereocenters. The van der Waals surface area contributed by atoms with E-state index in [0.29, 0.717) is 23.0 Å². The molecule has 0 atom stereocenters. The number of fused-ring (bicyclic) bond motifs is 1. The summed E-state index contributed by atoms with van der Waals surface area (Å²) in [6, 6.07) is 9.63.